The van der Waals surface area contributed by atoms with Crippen LogP contribution in [0.5, 0.6) is 0 Å². The molecule has 2 heterocycles. The molecule has 0 unspecified atom stereocenters. The van der Waals surface area contributed by atoms with Crippen LogP contribution in [-0.4, -0.2) is 17.4 Å². The van der Waals surface area contributed by atoms with Gasteiger partial charge in [-0.2, -0.15) is 0 Å². The molecule has 0 aliphatic heterocycles. The Morgan fingerprint density at radius 3 is 2.90 bits per heavy atom. The molecule has 5 nitrogen and oxygen atoms in total. The number of nitrogens with zero attached hydrogens (tertiary/aromatic N) is 1. The minimum absolute atomic E-state index is 0.111. The van der Waals surface area contributed by atoms with Crippen LogP contribution in [0.25, 0.3) is 10.9 Å². The second-order valence-corrected chi connectivity index (χ2v) is 4.61. The van der Waals surface area contributed by atoms with Crippen LogP contribution in [-0.2, 0) is 11.3 Å². The fourth-order valence-electron chi connectivity index (χ4n) is 2.11. The average molecular weight is 281 g/mol. The van der Waals surface area contributed by atoms with Gasteiger partial charge in [-0.05, 0) is 24.3 Å². The Morgan fingerprint density at radius 2 is 2.05 bits per heavy atom. The SMILES string of the molecule is O=C(CNCc1ccco1)Nc1cccc2cccnc12. The minimum Gasteiger partial charge on any atom is -0.468 e. The number of benzene rings is 1. The molecule has 1 aromatic carbocycles. The number of anilines is 1. The number of amides is 1. The van der Waals surface area contributed by atoms with Crippen molar-refractivity contribution in [3.63, 3.8) is 0 Å². The minimum atomic E-state index is -0.111. The third kappa shape index (κ3) is 3.27. The summed E-state index contributed by atoms with van der Waals surface area (Å²) in [7, 11) is 0. The molecule has 3 rings (SSSR count). The zero-order valence-corrected chi connectivity index (χ0v) is 11.4. The van der Waals surface area contributed by atoms with Crippen molar-refractivity contribution < 1.29 is 9.21 Å². The molecule has 0 saturated heterocycles. The number of fused-ring (bicyclic) bond motifs is 1. The van der Waals surface area contributed by atoms with Crippen LogP contribution < -0.4 is 10.6 Å². The number of rotatable bonds is 5. The van der Waals surface area contributed by atoms with E-state index in [1.807, 2.05) is 42.5 Å². The average Bonchev–Trinajstić information content (AvgIpc) is 3.01. The lowest BCUT2D eigenvalue weighted by atomic mass is 10.2. The summed E-state index contributed by atoms with van der Waals surface area (Å²) in [6, 6.07) is 13.2. The summed E-state index contributed by atoms with van der Waals surface area (Å²) in [6.45, 7) is 0.734. The van der Waals surface area contributed by atoms with Gasteiger partial charge in [0.2, 0.25) is 5.91 Å². The van der Waals surface area contributed by atoms with E-state index >= 15 is 0 Å². The molecule has 2 N–H and O–H groups in total. The molecule has 106 valence electrons. The Bertz CT molecular complexity index is 733. The van der Waals surface area contributed by atoms with E-state index in [1.165, 1.54) is 0 Å². The number of para-hydroxylation sites is 1. The van der Waals surface area contributed by atoms with E-state index in [4.69, 9.17) is 4.42 Å². The van der Waals surface area contributed by atoms with Gasteiger partial charge in [-0.3, -0.25) is 9.78 Å². The number of pyridine rings is 1. The Labute approximate surface area is 122 Å². The topological polar surface area (TPSA) is 67.2 Å². The van der Waals surface area contributed by atoms with E-state index in [9.17, 15) is 4.79 Å². The smallest absolute Gasteiger partial charge is 0.238 e. The molecule has 3 aromatic rings. The summed E-state index contributed by atoms with van der Waals surface area (Å²) in [5, 5.41) is 6.90. The first-order valence-electron chi connectivity index (χ1n) is 6.69. The third-order valence-electron chi connectivity index (χ3n) is 3.07. The maximum atomic E-state index is 12.0. The van der Waals surface area contributed by atoms with E-state index in [-0.39, 0.29) is 12.5 Å². The van der Waals surface area contributed by atoms with Gasteiger partial charge in [0.25, 0.3) is 0 Å². The van der Waals surface area contributed by atoms with Crippen molar-refractivity contribution in [1.29, 1.82) is 0 Å². The number of aromatic nitrogens is 1. The summed E-state index contributed by atoms with van der Waals surface area (Å²) in [6.07, 6.45) is 3.33. The van der Waals surface area contributed by atoms with E-state index in [0.717, 1.165) is 22.4 Å². The van der Waals surface area contributed by atoms with Gasteiger partial charge in [-0.15, -0.1) is 0 Å². The maximum Gasteiger partial charge on any atom is 0.238 e. The van der Waals surface area contributed by atoms with E-state index < -0.39 is 0 Å². The zero-order valence-electron chi connectivity index (χ0n) is 11.4. The van der Waals surface area contributed by atoms with Crippen LogP contribution >= 0.6 is 0 Å². The Hall–Kier alpha value is -2.66. The van der Waals surface area contributed by atoms with Crippen molar-refractivity contribution in [3.05, 3.63) is 60.7 Å². The first-order chi connectivity index (χ1) is 10.3. The second-order valence-electron chi connectivity index (χ2n) is 4.61. The summed E-state index contributed by atoms with van der Waals surface area (Å²) >= 11 is 0. The van der Waals surface area contributed by atoms with Gasteiger partial charge in [0.05, 0.1) is 30.6 Å². The molecule has 0 atom stereocenters. The van der Waals surface area contributed by atoms with Crippen molar-refractivity contribution in [3.8, 4) is 0 Å². The largest absolute Gasteiger partial charge is 0.468 e. The van der Waals surface area contributed by atoms with Crippen molar-refractivity contribution in [1.82, 2.24) is 10.3 Å². The lowest BCUT2D eigenvalue weighted by molar-refractivity contribution is -0.115. The van der Waals surface area contributed by atoms with Crippen LogP contribution in [0.4, 0.5) is 5.69 Å². The zero-order chi connectivity index (χ0) is 14.5. The Morgan fingerprint density at radius 1 is 1.14 bits per heavy atom. The van der Waals surface area contributed by atoms with Crippen LogP contribution in [0.3, 0.4) is 0 Å². The summed E-state index contributed by atoms with van der Waals surface area (Å²) < 4.78 is 5.19. The highest BCUT2D eigenvalue weighted by Crippen LogP contribution is 2.20. The van der Waals surface area contributed by atoms with Crippen LogP contribution in [0.2, 0.25) is 0 Å². The highest BCUT2D eigenvalue weighted by molar-refractivity contribution is 6.00. The number of carbonyl (C=O) groups excluding carboxylic acids is 1. The second kappa shape index (κ2) is 6.19. The van der Waals surface area contributed by atoms with Crippen molar-refractivity contribution in [2.45, 2.75) is 6.54 Å². The van der Waals surface area contributed by atoms with Crippen LogP contribution in [0, 0.1) is 0 Å². The first kappa shape index (κ1) is 13.3. The molecular formula is C16H15N3O2. The number of nitrogens with one attached hydrogen (secondary N) is 2. The molecule has 1 amide bonds. The highest BCUT2D eigenvalue weighted by Gasteiger charge is 2.06. The molecular weight excluding hydrogens is 266 g/mol. The molecule has 21 heavy (non-hydrogen) atoms. The molecule has 0 radical (unpaired) electrons. The Balaban J connectivity index is 1.61. The van der Waals surface area contributed by atoms with Gasteiger partial charge in [0, 0.05) is 11.6 Å². The number of furan rings is 1. The lowest BCUT2D eigenvalue weighted by Gasteiger charge is -2.08. The van der Waals surface area contributed by atoms with E-state index in [2.05, 4.69) is 15.6 Å². The fourth-order valence-corrected chi connectivity index (χ4v) is 2.11. The van der Waals surface area contributed by atoms with Crippen molar-refractivity contribution >= 4 is 22.5 Å². The normalized spacial score (nSPS) is 10.7. The fraction of sp³-hybridized carbons (Fsp3) is 0.125. The lowest BCUT2D eigenvalue weighted by Crippen LogP contribution is -2.27. The summed E-state index contributed by atoms with van der Waals surface area (Å²) in [4.78, 5) is 16.3. The quantitative estimate of drug-likeness (QED) is 0.754. The Kier molecular flexibility index (Phi) is 3.93. The van der Waals surface area contributed by atoms with Gasteiger partial charge in [0.15, 0.2) is 0 Å². The number of hydrogen-bond donors (Lipinski definition) is 2. The van der Waals surface area contributed by atoms with Gasteiger partial charge in [-0.25, -0.2) is 0 Å². The van der Waals surface area contributed by atoms with Gasteiger partial charge >= 0.3 is 0 Å². The third-order valence-corrected chi connectivity index (χ3v) is 3.07. The van der Waals surface area contributed by atoms with Crippen molar-refractivity contribution in [2.24, 2.45) is 0 Å². The van der Waals surface area contributed by atoms with E-state index in [1.54, 1.807) is 12.5 Å². The van der Waals surface area contributed by atoms with Crippen molar-refractivity contribution in [2.75, 3.05) is 11.9 Å². The van der Waals surface area contributed by atoms with Crippen LogP contribution in [0.15, 0.2) is 59.3 Å². The first-order valence-corrected chi connectivity index (χ1v) is 6.69. The molecule has 5 heteroatoms. The summed E-state index contributed by atoms with van der Waals surface area (Å²) in [5.41, 5.74) is 1.51. The molecule has 0 saturated carbocycles. The number of carbonyl (C=O) groups is 1. The van der Waals surface area contributed by atoms with E-state index in [0.29, 0.717) is 6.54 Å². The van der Waals surface area contributed by atoms with Gasteiger partial charge in [-0.1, -0.05) is 18.2 Å². The molecule has 0 fully saturated rings. The highest BCUT2D eigenvalue weighted by atomic mass is 16.3. The predicted octanol–water partition coefficient (Wildman–Crippen LogP) is 2.56. The maximum absolute atomic E-state index is 12.0. The standard InChI is InChI=1S/C16H15N3O2/c20-15(11-17-10-13-6-3-9-21-13)19-14-7-1-4-12-5-2-8-18-16(12)14/h1-9,17H,10-11H2,(H,19,20). The monoisotopic (exact) mass is 281 g/mol. The molecule has 0 bridgehead atoms. The molecule has 0 aliphatic rings. The molecule has 2 aromatic heterocycles. The number of hydrogen-bond acceptors (Lipinski definition) is 4. The van der Waals surface area contributed by atoms with Gasteiger partial charge in [0.1, 0.15) is 5.76 Å². The molecule has 0 aliphatic carbocycles. The summed E-state index contributed by atoms with van der Waals surface area (Å²) in [5.74, 6) is 0.689. The van der Waals surface area contributed by atoms with Crippen LogP contribution in [0.1, 0.15) is 5.76 Å². The predicted molar refractivity (Wildman–Crippen MR) is 80.8 cm³/mol. The molecule has 0 spiro atoms. The van der Waals surface area contributed by atoms with Gasteiger partial charge < -0.3 is 15.1 Å².